The molecule has 0 saturated carbocycles. The van der Waals surface area contributed by atoms with Crippen molar-refractivity contribution in [2.24, 2.45) is 5.73 Å². The molecule has 15 heavy (non-hydrogen) atoms. The van der Waals surface area contributed by atoms with Gasteiger partial charge in [0.2, 0.25) is 0 Å². The quantitative estimate of drug-likeness (QED) is 0.444. The minimum absolute atomic E-state index is 0.135. The third kappa shape index (κ3) is 3.32. The summed E-state index contributed by atoms with van der Waals surface area (Å²) in [6, 6.07) is 4.20. The third-order valence-electron chi connectivity index (χ3n) is 1.97. The Kier molecular flexibility index (Phi) is 4.24. The van der Waals surface area contributed by atoms with Crippen LogP contribution in [0, 0.1) is 11.2 Å². The number of rotatable bonds is 5. The average molecular weight is 210 g/mol. The fourth-order valence-electron chi connectivity index (χ4n) is 1.25. The Labute approximate surface area is 88.6 Å². The number of hydrogen-bond donors (Lipinski definition) is 2. The van der Waals surface area contributed by atoms with Crippen molar-refractivity contribution in [3.05, 3.63) is 35.1 Å². The van der Waals surface area contributed by atoms with Gasteiger partial charge in [0.15, 0.2) is 0 Å². The number of nitrogens with two attached hydrogens (primary N) is 1. The van der Waals surface area contributed by atoms with Crippen LogP contribution in [0.4, 0.5) is 4.39 Å². The minimum atomic E-state index is -0.389. The number of nitrogen functional groups attached to an aromatic ring is 1. The van der Waals surface area contributed by atoms with Crippen LogP contribution in [0.1, 0.15) is 24.5 Å². The molecule has 0 aliphatic carbocycles. The van der Waals surface area contributed by atoms with E-state index in [4.69, 9.17) is 15.9 Å². The number of amidine groups is 1. The van der Waals surface area contributed by atoms with E-state index in [9.17, 15) is 4.39 Å². The van der Waals surface area contributed by atoms with Gasteiger partial charge in [-0.2, -0.15) is 0 Å². The van der Waals surface area contributed by atoms with Gasteiger partial charge in [-0.15, -0.1) is 0 Å². The van der Waals surface area contributed by atoms with E-state index in [0.717, 1.165) is 12.0 Å². The molecular formula is C11H15FN2O. The summed E-state index contributed by atoms with van der Waals surface area (Å²) < 4.78 is 18.2. The molecule has 3 nitrogen and oxygen atoms in total. The summed E-state index contributed by atoms with van der Waals surface area (Å²) in [6.45, 7) is 3.02. The van der Waals surface area contributed by atoms with Gasteiger partial charge in [0, 0.05) is 12.2 Å². The maximum atomic E-state index is 12.9. The maximum Gasteiger partial charge on any atom is 0.123 e. The van der Waals surface area contributed by atoms with E-state index in [-0.39, 0.29) is 11.7 Å². The molecule has 0 unspecified atom stereocenters. The van der Waals surface area contributed by atoms with Crippen LogP contribution in [-0.4, -0.2) is 12.4 Å². The van der Waals surface area contributed by atoms with Crippen molar-refractivity contribution in [2.75, 3.05) is 6.61 Å². The highest BCUT2D eigenvalue weighted by Crippen LogP contribution is 2.12. The minimum Gasteiger partial charge on any atom is -0.384 e. The molecule has 0 fully saturated rings. The average Bonchev–Trinajstić information content (AvgIpc) is 2.20. The van der Waals surface area contributed by atoms with Crippen molar-refractivity contribution in [1.82, 2.24) is 0 Å². The lowest BCUT2D eigenvalue weighted by molar-refractivity contribution is 0.121. The maximum absolute atomic E-state index is 12.9. The predicted octanol–water partition coefficient (Wildman–Crippen LogP) is 2.04. The number of ether oxygens (including phenoxy) is 1. The molecule has 0 aliphatic heterocycles. The first-order chi connectivity index (χ1) is 7.15. The van der Waals surface area contributed by atoms with E-state index in [1.807, 2.05) is 6.92 Å². The van der Waals surface area contributed by atoms with Crippen LogP contribution in [-0.2, 0) is 11.3 Å². The Morgan fingerprint density at radius 1 is 1.53 bits per heavy atom. The van der Waals surface area contributed by atoms with Crippen molar-refractivity contribution >= 4 is 5.84 Å². The first-order valence-corrected chi connectivity index (χ1v) is 4.85. The second-order valence-electron chi connectivity index (χ2n) is 3.27. The van der Waals surface area contributed by atoms with E-state index in [1.54, 1.807) is 6.07 Å². The van der Waals surface area contributed by atoms with Crippen molar-refractivity contribution < 1.29 is 9.13 Å². The zero-order valence-electron chi connectivity index (χ0n) is 8.72. The molecule has 1 aromatic rings. The van der Waals surface area contributed by atoms with Gasteiger partial charge in [0.25, 0.3) is 0 Å². The van der Waals surface area contributed by atoms with Crippen LogP contribution in [0.5, 0.6) is 0 Å². The summed E-state index contributed by atoms with van der Waals surface area (Å²) >= 11 is 0. The fraction of sp³-hybridized carbons (Fsp3) is 0.364. The lowest BCUT2D eigenvalue weighted by Crippen LogP contribution is -2.14. The fourth-order valence-corrected chi connectivity index (χ4v) is 1.25. The molecule has 4 heteroatoms. The van der Waals surface area contributed by atoms with Crippen LogP contribution < -0.4 is 5.73 Å². The Hall–Kier alpha value is -1.42. The Balaban J connectivity index is 2.81. The monoisotopic (exact) mass is 210 g/mol. The highest BCUT2D eigenvalue weighted by atomic mass is 19.1. The van der Waals surface area contributed by atoms with Crippen LogP contribution in [0.15, 0.2) is 18.2 Å². The van der Waals surface area contributed by atoms with Gasteiger partial charge in [-0.1, -0.05) is 13.0 Å². The summed E-state index contributed by atoms with van der Waals surface area (Å²) in [5, 5.41) is 7.31. The molecule has 0 heterocycles. The first-order valence-electron chi connectivity index (χ1n) is 4.85. The molecule has 1 rings (SSSR count). The summed E-state index contributed by atoms with van der Waals surface area (Å²) in [7, 11) is 0. The number of benzene rings is 1. The van der Waals surface area contributed by atoms with Gasteiger partial charge in [0.05, 0.1) is 6.61 Å². The molecule has 0 radical (unpaired) electrons. The third-order valence-corrected chi connectivity index (χ3v) is 1.97. The smallest absolute Gasteiger partial charge is 0.123 e. The molecule has 0 aliphatic rings. The Bertz CT molecular complexity index is 352. The molecule has 0 aromatic heterocycles. The molecule has 82 valence electrons. The normalized spacial score (nSPS) is 10.3. The zero-order chi connectivity index (χ0) is 11.3. The van der Waals surface area contributed by atoms with Crippen molar-refractivity contribution in [3.8, 4) is 0 Å². The Morgan fingerprint density at radius 2 is 2.27 bits per heavy atom. The van der Waals surface area contributed by atoms with Crippen LogP contribution in [0.3, 0.4) is 0 Å². The summed E-state index contributed by atoms with van der Waals surface area (Å²) in [6.07, 6.45) is 0.927. The van der Waals surface area contributed by atoms with Gasteiger partial charge >= 0.3 is 0 Å². The first kappa shape index (κ1) is 11.7. The van der Waals surface area contributed by atoms with Gasteiger partial charge < -0.3 is 10.5 Å². The van der Waals surface area contributed by atoms with Gasteiger partial charge in [-0.3, -0.25) is 5.41 Å². The topological polar surface area (TPSA) is 59.1 Å². The largest absolute Gasteiger partial charge is 0.384 e. The number of nitrogens with one attached hydrogen (secondary N) is 1. The van der Waals surface area contributed by atoms with Gasteiger partial charge in [-0.05, 0) is 24.1 Å². The Morgan fingerprint density at radius 3 is 2.87 bits per heavy atom. The van der Waals surface area contributed by atoms with Crippen LogP contribution in [0.25, 0.3) is 0 Å². The number of halogens is 1. The summed E-state index contributed by atoms with van der Waals surface area (Å²) in [5.41, 5.74) is 6.50. The molecule has 1 aromatic carbocycles. The van der Waals surface area contributed by atoms with Crippen molar-refractivity contribution in [1.29, 1.82) is 5.41 Å². The molecule has 0 spiro atoms. The molecule has 3 N–H and O–H groups in total. The van der Waals surface area contributed by atoms with Gasteiger partial charge in [0.1, 0.15) is 11.7 Å². The van der Waals surface area contributed by atoms with E-state index in [2.05, 4.69) is 0 Å². The molecule has 0 bridgehead atoms. The van der Waals surface area contributed by atoms with Crippen LogP contribution >= 0.6 is 0 Å². The summed E-state index contributed by atoms with van der Waals surface area (Å²) in [4.78, 5) is 0. The van der Waals surface area contributed by atoms with Crippen LogP contribution in [0.2, 0.25) is 0 Å². The molecule has 0 amide bonds. The van der Waals surface area contributed by atoms with E-state index in [0.29, 0.717) is 18.8 Å². The second kappa shape index (κ2) is 5.46. The predicted molar refractivity (Wildman–Crippen MR) is 57.4 cm³/mol. The molecular weight excluding hydrogens is 195 g/mol. The van der Waals surface area contributed by atoms with E-state index >= 15 is 0 Å². The lowest BCUT2D eigenvalue weighted by Gasteiger charge is -2.08. The van der Waals surface area contributed by atoms with E-state index < -0.39 is 0 Å². The highest BCUT2D eigenvalue weighted by molar-refractivity contribution is 5.96. The molecule has 0 saturated heterocycles. The lowest BCUT2D eigenvalue weighted by atomic mass is 10.1. The van der Waals surface area contributed by atoms with Crippen molar-refractivity contribution in [3.63, 3.8) is 0 Å². The highest BCUT2D eigenvalue weighted by Gasteiger charge is 2.06. The van der Waals surface area contributed by atoms with Crippen molar-refractivity contribution in [2.45, 2.75) is 20.0 Å². The molecule has 0 atom stereocenters. The second-order valence-corrected chi connectivity index (χ2v) is 3.27. The zero-order valence-corrected chi connectivity index (χ0v) is 8.72. The van der Waals surface area contributed by atoms with E-state index in [1.165, 1.54) is 12.1 Å². The standard InChI is InChI=1S/C11H15FN2O/c1-2-5-15-7-8-3-4-9(12)6-10(8)11(13)14/h3-4,6H,2,5,7H2,1H3,(H3,13,14). The van der Waals surface area contributed by atoms with Gasteiger partial charge in [-0.25, -0.2) is 4.39 Å². The summed E-state index contributed by atoms with van der Waals surface area (Å²) in [5.74, 6) is -0.524. The number of hydrogen-bond acceptors (Lipinski definition) is 2. The SMILES string of the molecule is CCCOCc1ccc(F)cc1C(=N)N.